The number of carbonyl (C=O) groups excluding carboxylic acids is 2. The van der Waals surface area contributed by atoms with Gasteiger partial charge >= 0.3 is 0 Å². The second-order valence-corrected chi connectivity index (χ2v) is 8.08. The van der Waals surface area contributed by atoms with E-state index >= 15 is 0 Å². The van der Waals surface area contributed by atoms with E-state index in [1.807, 2.05) is 0 Å². The average Bonchev–Trinajstić information content (AvgIpc) is 3.56. The molecule has 0 unspecified atom stereocenters. The maximum Gasteiger partial charge on any atom is 0.239 e. The van der Waals surface area contributed by atoms with Crippen LogP contribution in [-0.4, -0.2) is 24.9 Å². The molecule has 0 aromatic heterocycles. The Hall–Kier alpha value is -2.62. The van der Waals surface area contributed by atoms with Crippen LogP contribution in [0.15, 0.2) is 48.5 Å². The standard InChI is InChI=1S/C23H24N2O2/c26-21(13-25-23(27)14-9-10-14)24-12-15-11-20-16-5-1-3-7-18(16)22(15)19-8-4-2-6-17(19)20/h1-8,14-15,20,22H,9-13H2,(H,24,26)(H,25,27)/t15-,20?,22?/m1/s1. The summed E-state index contributed by atoms with van der Waals surface area (Å²) in [6, 6.07) is 17.5. The van der Waals surface area contributed by atoms with Crippen molar-refractivity contribution in [1.29, 1.82) is 0 Å². The summed E-state index contributed by atoms with van der Waals surface area (Å²) < 4.78 is 0. The van der Waals surface area contributed by atoms with Crippen LogP contribution in [0.25, 0.3) is 0 Å². The Kier molecular flexibility index (Phi) is 4.00. The highest BCUT2D eigenvalue weighted by molar-refractivity contribution is 5.86. The van der Waals surface area contributed by atoms with Gasteiger partial charge in [-0.1, -0.05) is 48.5 Å². The average molecular weight is 360 g/mol. The van der Waals surface area contributed by atoms with E-state index in [9.17, 15) is 9.59 Å². The van der Waals surface area contributed by atoms with Crippen molar-refractivity contribution in [3.63, 3.8) is 0 Å². The largest absolute Gasteiger partial charge is 0.354 e. The van der Waals surface area contributed by atoms with Crippen LogP contribution in [0.3, 0.4) is 0 Å². The smallest absolute Gasteiger partial charge is 0.239 e. The van der Waals surface area contributed by atoms with E-state index in [1.165, 1.54) is 22.3 Å². The lowest BCUT2D eigenvalue weighted by atomic mass is 9.59. The second kappa shape index (κ2) is 6.52. The molecule has 4 aliphatic carbocycles. The Bertz CT molecular complexity index is 855. The van der Waals surface area contributed by atoms with Gasteiger partial charge in [0.2, 0.25) is 11.8 Å². The van der Waals surface area contributed by atoms with Crippen LogP contribution in [0, 0.1) is 11.8 Å². The molecule has 0 aliphatic heterocycles. The molecule has 1 saturated carbocycles. The Morgan fingerprint density at radius 2 is 1.44 bits per heavy atom. The Labute approximate surface area is 159 Å². The molecule has 4 heteroatoms. The number of benzene rings is 2. The maximum absolute atomic E-state index is 12.2. The van der Waals surface area contributed by atoms with Crippen LogP contribution >= 0.6 is 0 Å². The van der Waals surface area contributed by atoms with E-state index < -0.39 is 0 Å². The molecule has 138 valence electrons. The number of carbonyl (C=O) groups is 2. The molecular weight excluding hydrogens is 336 g/mol. The fourth-order valence-electron chi connectivity index (χ4n) is 4.92. The number of rotatable bonds is 5. The summed E-state index contributed by atoms with van der Waals surface area (Å²) in [7, 11) is 0. The third-order valence-electron chi connectivity index (χ3n) is 6.36. The van der Waals surface area contributed by atoms with Crippen LogP contribution in [0.2, 0.25) is 0 Å². The monoisotopic (exact) mass is 360 g/mol. The van der Waals surface area contributed by atoms with E-state index in [-0.39, 0.29) is 24.3 Å². The molecule has 0 radical (unpaired) electrons. The van der Waals surface area contributed by atoms with Crippen molar-refractivity contribution >= 4 is 11.8 Å². The van der Waals surface area contributed by atoms with Crippen molar-refractivity contribution in [1.82, 2.24) is 10.6 Å². The first-order valence-electron chi connectivity index (χ1n) is 9.94. The van der Waals surface area contributed by atoms with Crippen LogP contribution in [0.1, 0.15) is 53.4 Å². The van der Waals surface area contributed by atoms with E-state index in [2.05, 4.69) is 59.2 Å². The SMILES string of the molecule is O=C(CNC(=O)C1CC1)NC[C@H]1CC2c3ccccc3C1c1ccccc12. The molecule has 4 aliphatic rings. The van der Waals surface area contributed by atoms with Gasteiger partial charge in [0.15, 0.2) is 0 Å². The van der Waals surface area contributed by atoms with Crippen LogP contribution < -0.4 is 10.6 Å². The van der Waals surface area contributed by atoms with Gasteiger partial charge in [-0.2, -0.15) is 0 Å². The second-order valence-electron chi connectivity index (χ2n) is 8.08. The molecule has 4 nitrogen and oxygen atoms in total. The van der Waals surface area contributed by atoms with Gasteiger partial charge in [0, 0.05) is 24.3 Å². The van der Waals surface area contributed by atoms with Gasteiger partial charge in [-0.25, -0.2) is 0 Å². The molecule has 2 amide bonds. The predicted octanol–water partition coefficient (Wildman–Crippen LogP) is 2.93. The van der Waals surface area contributed by atoms with Gasteiger partial charge < -0.3 is 10.6 Å². The van der Waals surface area contributed by atoms with Gasteiger partial charge in [0.05, 0.1) is 6.54 Å². The normalized spacial score (nSPS) is 24.7. The molecule has 6 rings (SSSR count). The van der Waals surface area contributed by atoms with E-state index in [1.54, 1.807) is 0 Å². The lowest BCUT2D eigenvalue weighted by Gasteiger charge is -2.45. The highest BCUT2D eigenvalue weighted by Gasteiger charge is 2.42. The Balaban J connectivity index is 1.30. The zero-order valence-electron chi connectivity index (χ0n) is 15.3. The number of fused-ring (bicyclic) bond motifs is 1. The molecule has 2 aromatic carbocycles. The molecule has 27 heavy (non-hydrogen) atoms. The van der Waals surface area contributed by atoms with Crippen molar-refractivity contribution in [3.05, 3.63) is 70.8 Å². The molecule has 0 spiro atoms. The Morgan fingerprint density at radius 3 is 2.04 bits per heavy atom. The van der Waals surface area contributed by atoms with Crippen molar-refractivity contribution in [2.45, 2.75) is 31.1 Å². The molecule has 1 fully saturated rings. The minimum Gasteiger partial charge on any atom is -0.354 e. The molecular formula is C23H24N2O2. The molecule has 2 bridgehead atoms. The first kappa shape index (κ1) is 16.5. The van der Waals surface area contributed by atoms with Gasteiger partial charge in [-0.3, -0.25) is 9.59 Å². The van der Waals surface area contributed by atoms with E-state index in [0.717, 1.165) is 19.3 Å². The van der Waals surface area contributed by atoms with Crippen molar-refractivity contribution in [3.8, 4) is 0 Å². The van der Waals surface area contributed by atoms with Gasteiger partial charge in [-0.05, 0) is 47.4 Å². The van der Waals surface area contributed by atoms with Crippen molar-refractivity contribution in [2.24, 2.45) is 11.8 Å². The summed E-state index contributed by atoms with van der Waals surface area (Å²) in [5.41, 5.74) is 5.71. The Morgan fingerprint density at radius 1 is 0.852 bits per heavy atom. The number of amides is 2. The third-order valence-corrected chi connectivity index (χ3v) is 6.36. The fraction of sp³-hybridized carbons (Fsp3) is 0.391. The lowest BCUT2D eigenvalue weighted by molar-refractivity contribution is -0.126. The molecule has 0 heterocycles. The number of hydrogen-bond donors (Lipinski definition) is 2. The van der Waals surface area contributed by atoms with Gasteiger partial charge in [0.1, 0.15) is 0 Å². The third kappa shape index (κ3) is 2.93. The summed E-state index contributed by atoms with van der Waals surface area (Å²) in [6.07, 6.45) is 2.97. The van der Waals surface area contributed by atoms with Crippen LogP contribution in [-0.2, 0) is 9.59 Å². The van der Waals surface area contributed by atoms with Crippen LogP contribution in [0.4, 0.5) is 0 Å². The number of nitrogens with one attached hydrogen (secondary N) is 2. The topological polar surface area (TPSA) is 58.2 Å². The molecule has 0 saturated heterocycles. The van der Waals surface area contributed by atoms with Crippen molar-refractivity contribution < 1.29 is 9.59 Å². The van der Waals surface area contributed by atoms with E-state index in [0.29, 0.717) is 24.3 Å². The summed E-state index contributed by atoms with van der Waals surface area (Å²) in [4.78, 5) is 23.9. The maximum atomic E-state index is 12.2. The first-order valence-corrected chi connectivity index (χ1v) is 9.94. The zero-order valence-corrected chi connectivity index (χ0v) is 15.3. The number of hydrogen-bond acceptors (Lipinski definition) is 2. The molecule has 2 N–H and O–H groups in total. The first-order chi connectivity index (χ1) is 13.2. The highest BCUT2D eigenvalue weighted by Crippen LogP contribution is 2.55. The van der Waals surface area contributed by atoms with Gasteiger partial charge in [0.25, 0.3) is 0 Å². The quantitative estimate of drug-likeness (QED) is 0.861. The molecule has 1 atom stereocenters. The van der Waals surface area contributed by atoms with Gasteiger partial charge in [-0.15, -0.1) is 0 Å². The lowest BCUT2D eigenvalue weighted by Crippen LogP contribution is -2.42. The van der Waals surface area contributed by atoms with Crippen molar-refractivity contribution in [2.75, 3.05) is 13.1 Å². The minimum atomic E-state index is -0.0907. The summed E-state index contributed by atoms with van der Waals surface area (Å²) >= 11 is 0. The molecule has 2 aromatic rings. The summed E-state index contributed by atoms with van der Waals surface area (Å²) in [6.45, 7) is 0.741. The highest BCUT2D eigenvalue weighted by atomic mass is 16.2. The minimum absolute atomic E-state index is 0.0183. The summed E-state index contributed by atoms with van der Waals surface area (Å²) in [5.74, 6) is 1.21. The van der Waals surface area contributed by atoms with E-state index in [4.69, 9.17) is 0 Å². The van der Waals surface area contributed by atoms with Crippen LogP contribution in [0.5, 0.6) is 0 Å². The zero-order chi connectivity index (χ0) is 18.4. The predicted molar refractivity (Wildman–Crippen MR) is 103 cm³/mol. The summed E-state index contributed by atoms with van der Waals surface area (Å²) in [5, 5.41) is 5.81. The fourth-order valence-corrected chi connectivity index (χ4v) is 4.92.